The van der Waals surface area contributed by atoms with Crippen molar-refractivity contribution in [2.75, 3.05) is 18.1 Å². The van der Waals surface area contributed by atoms with Crippen molar-refractivity contribution in [3.8, 4) is 0 Å². The first-order valence-electron chi connectivity index (χ1n) is 5.45. The summed E-state index contributed by atoms with van der Waals surface area (Å²) >= 11 is 3.58. The third-order valence-electron chi connectivity index (χ3n) is 3.00. The van der Waals surface area contributed by atoms with Gasteiger partial charge in [-0.05, 0) is 47.3 Å². The van der Waals surface area contributed by atoms with Gasteiger partial charge in [-0.3, -0.25) is 0 Å². The van der Waals surface area contributed by atoms with Crippen molar-refractivity contribution >= 4 is 21.6 Å². The third kappa shape index (κ3) is 2.34. The first-order valence-corrected chi connectivity index (χ1v) is 6.24. The Morgan fingerprint density at radius 2 is 2.20 bits per heavy atom. The average molecular weight is 270 g/mol. The molecule has 1 fully saturated rings. The van der Waals surface area contributed by atoms with Gasteiger partial charge >= 0.3 is 0 Å². The fourth-order valence-corrected chi connectivity index (χ4v) is 2.80. The molecule has 2 nitrogen and oxygen atoms in total. The Morgan fingerprint density at radius 3 is 2.93 bits per heavy atom. The van der Waals surface area contributed by atoms with Gasteiger partial charge in [-0.2, -0.15) is 0 Å². The molecule has 1 N–H and O–H groups in total. The second-order valence-corrected chi connectivity index (χ2v) is 4.81. The van der Waals surface area contributed by atoms with Crippen molar-refractivity contribution < 1.29 is 5.11 Å². The van der Waals surface area contributed by atoms with Gasteiger partial charge in [0.05, 0.1) is 5.69 Å². The minimum atomic E-state index is 0.283. The number of rotatable bonds is 3. The van der Waals surface area contributed by atoms with E-state index >= 15 is 0 Å². The molecule has 1 atom stereocenters. The Bertz CT molecular complexity index is 329. The topological polar surface area (TPSA) is 23.5 Å². The Morgan fingerprint density at radius 1 is 1.40 bits per heavy atom. The smallest absolute Gasteiger partial charge is 0.0513 e. The van der Waals surface area contributed by atoms with E-state index in [9.17, 15) is 0 Å². The van der Waals surface area contributed by atoms with E-state index < -0.39 is 0 Å². The number of hydrogen-bond donors (Lipinski definition) is 1. The second kappa shape index (κ2) is 4.99. The van der Waals surface area contributed by atoms with Crippen LogP contribution >= 0.6 is 15.9 Å². The molecular formula is C12H16BrNO. The zero-order valence-electron chi connectivity index (χ0n) is 8.69. The van der Waals surface area contributed by atoms with Gasteiger partial charge < -0.3 is 10.0 Å². The van der Waals surface area contributed by atoms with Crippen LogP contribution in [0, 0.1) is 0 Å². The summed E-state index contributed by atoms with van der Waals surface area (Å²) in [5.74, 6) is 0. The summed E-state index contributed by atoms with van der Waals surface area (Å²) in [5.41, 5.74) is 1.26. The average Bonchev–Trinajstić information content (AvgIpc) is 2.67. The van der Waals surface area contributed by atoms with Gasteiger partial charge in [0.1, 0.15) is 0 Å². The number of benzene rings is 1. The summed E-state index contributed by atoms with van der Waals surface area (Å²) in [6.45, 7) is 1.39. The molecule has 15 heavy (non-hydrogen) atoms. The quantitative estimate of drug-likeness (QED) is 0.913. The molecule has 0 aromatic heterocycles. The molecule has 0 radical (unpaired) electrons. The van der Waals surface area contributed by atoms with Crippen LogP contribution in [0.4, 0.5) is 5.69 Å². The minimum Gasteiger partial charge on any atom is -0.396 e. The highest BCUT2D eigenvalue weighted by Crippen LogP contribution is 2.32. The normalized spacial score (nSPS) is 20.9. The highest BCUT2D eigenvalue weighted by molar-refractivity contribution is 9.10. The van der Waals surface area contributed by atoms with Crippen molar-refractivity contribution in [1.29, 1.82) is 0 Å². The maximum Gasteiger partial charge on any atom is 0.0513 e. The molecule has 1 unspecified atom stereocenters. The molecule has 0 saturated carbocycles. The maximum atomic E-state index is 9.02. The Labute approximate surface area is 99.0 Å². The van der Waals surface area contributed by atoms with Crippen LogP contribution in [0.3, 0.4) is 0 Å². The monoisotopic (exact) mass is 269 g/mol. The first kappa shape index (κ1) is 11.0. The predicted molar refractivity (Wildman–Crippen MR) is 66.2 cm³/mol. The summed E-state index contributed by atoms with van der Waals surface area (Å²) in [4.78, 5) is 2.40. The zero-order valence-corrected chi connectivity index (χ0v) is 10.3. The molecule has 1 aliphatic rings. The van der Waals surface area contributed by atoms with Gasteiger partial charge in [0.2, 0.25) is 0 Å². The lowest BCUT2D eigenvalue weighted by atomic mass is 10.1. The zero-order chi connectivity index (χ0) is 10.7. The van der Waals surface area contributed by atoms with E-state index in [1.54, 1.807) is 0 Å². The van der Waals surface area contributed by atoms with Crippen molar-refractivity contribution in [1.82, 2.24) is 0 Å². The standard InChI is InChI=1S/C12H16BrNO/c13-11-5-1-2-6-12(11)14-8-3-4-10(14)7-9-15/h1-2,5-6,10,15H,3-4,7-9H2. The third-order valence-corrected chi connectivity index (χ3v) is 3.67. The van der Waals surface area contributed by atoms with Crippen molar-refractivity contribution in [2.45, 2.75) is 25.3 Å². The largest absolute Gasteiger partial charge is 0.396 e. The first-order chi connectivity index (χ1) is 7.33. The lowest BCUT2D eigenvalue weighted by molar-refractivity contribution is 0.276. The van der Waals surface area contributed by atoms with E-state index in [2.05, 4.69) is 39.0 Å². The van der Waals surface area contributed by atoms with Crippen molar-refractivity contribution in [3.05, 3.63) is 28.7 Å². The van der Waals surface area contributed by atoms with Gasteiger partial charge in [-0.15, -0.1) is 0 Å². The maximum absolute atomic E-state index is 9.02. The number of para-hydroxylation sites is 1. The fourth-order valence-electron chi connectivity index (χ4n) is 2.29. The van der Waals surface area contributed by atoms with Crippen LogP contribution in [0.25, 0.3) is 0 Å². The summed E-state index contributed by atoms with van der Waals surface area (Å²) in [7, 11) is 0. The van der Waals surface area contributed by atoms with Gasteiger partial charge in [0.15, 0.2) is 0 Å². The predicted octanol–water partition coefficient (Wildman–Crippen LogP) is 2.80. The Hall–Kier alpha value is -0.540. The molecule has 0 spiro atoms. The fraction of sp³-hybridized carbons (Fsp3) is 0.500. The molecule has 1 aromatic rings. The van der Waals surface area contributed by atoms with Crippen LogP contribution < -0.4 is 4.90 Å². The molecule has 1 heterocycles. The number of anilines is 1. The Balaban J connectivity index is 2.19. The molecule has 3 heteroatoms. The highest BCUT2D eigenvalue weighted by atomic mass is 79.9. The summed E-state index contributed by atoms with van der Waals surface area (Å²) in [6.07, 6.45) is 3.30. The lowest BCUT2D eigenvalue weighted by Crippen LogP contribution is -2.30. The molecular weight excluding hydrogens is 254 g/mol. The number of nitrogens with zero attached hydrogens (tertiary/aromatic N) is 1. The summed E-state index contributed by atoms with van der Waals surface area (Å²) in [6, 6.07) is 8.82. The highest BCUT2D eigenvalue weighted by Gasteiger charge is 2.25. The molecule has 82 valence electrons. The van der Waals surface area contributed by atoms with Crippen LogP contribution in [0.15, 0.2) is 28.7 Å². The summed E-state index contributed by atoms with van der Waals surface area (Å²) < 4.78 is 1.15. The Kier molecular flexibility index (Phi) is 3.65. The van der Waals surface area contributed by atoms with Crippen molar-refractivity contribution in [3.63, 3.8) is 0 Å². The van der Waals surface area contributed by atoms with Gasteiger partial charge in [-0.1, -0.05) is 12.1 Å². The van der Waals surface area contributed by atoms with Crippen LogP contribution in [0.5, 0.6) is 0 Å². The van der Waals surface area contributed by atoms with E-state index in [1.807, 2.05) is 6.07 Å². The van der Waals surface area contributed by atoms with Gasteiger partial charge in [0.25, 0.3) is 0 Å². The number of hydrogen-bond acceptors (Lipinski definition) is 2. The number of aliphatic hydroxyl groups is 1. The van der Waals surface area contributed by atoms with E-state index in [4.69, 9.17) is 5.11 Å². The van der Waals surface area contributed by atoms with Gasteiger partial charge in [0, 0.05) is 23.7 Å². The molecule has 2 rings (SSSR count). The van der Waals surface area contributed by atoms with E-state index in [1.165, 1.54) is 18.5 Å². The molecule has 1 aliphatic heterocycles. The molecule has 1 aromatic carbocycles. The lowest BCUT2D eigenvalue weighted by Gasteiger charge is -2.27. The van der Waals surface area contributed by atoms with E-state index in [0.29, 0.717) is 6.04 Å². The van der Waals surface area contributed by atoms with E-state index in [0.717, 1.165) is 17.4 Å². The van der Waals surface area contributed by atoms with Gasteiger partial charge in [-0.25, -0.2) is 0 Å². The summed E-state index contributed by atoms with van der Waals surface area (Å²) in [5, 5.41) is 9.02. The van der Waals surface area contributed by atoms with E-state index in [-0.39, 0.29) is 6.61 Å². The van der Waals surface area contributed by atoms with Crippen molar-refractivity contribution in [2.24, 2.45) is 0 Å². The minimum absolute atomic E-state index is 0.283. The molecule has 1 saturated heterocycles. The SMILES string of the molecule is OCCC1CCCN1c1ccccc1Br. The van der Waals surface area contributed by atoms with Crippen LogP contribution in [-0.2, 0) is 0 Å². The van der Waals surface area contributed by atoms with Crippen LogP contribution in [-0.4, -0.2) is 24.3 Å². The molecule has 0 aliphatic carbocycles. The molecule has 0 amide bonds. The number of halogens is 1. The molecule has 0 bridgehead atoms. The number of aliphatic hydroxyl groups excluding tert-OH is 1. The second-order valence-electron chi connectivity index (χ2n) is 3.95. The van der Waals surface area contributed by atoms with Crippen LogP contribution in [0.1, 0.15) is 19.3 Å². The van der Waals surface area contributed by atoms with Crippen LogP contribution in [0.2, 0.25) is 0 Å².